The zero-order valence-corrected chi connectivity index (χ0v) is 17.6. The molecular formula is C19H27N7OS. The summed E-state index contributed by atoms with van der Waals surface area (Å²) >= 11 is 1.40. The minimum Gasteiger partial charge on any atom is -0.355 e. The summed E-state index contributed by atoms with van der Waals surface area (Å²) in [6, 6.07) is 1.98. The zero-order chi connectivity index (χ0) is 19.9. The van der Waals surface area contributed by atoms with Gasteiger partial charge < -0.3 is 20.4 Å². The zero-order valence-electron chi connectivity index (χ0n) is 16.8. The minimum absolute atomic E-state index is 0.0745. The number of nitrogens with one attached hydrogen (secondary N) is 2. The van der Waals surface area contributed by atoms with Gasteiger partial charge in [-0.3, -0.25) is 4.79 Å². The summed E-state index contributed by atoms with van der Waals surface area (Å²) in [4.78, 5) is 25.7. The molecule has 0 spiro atoms. The Hall–Kier alpha value is -2.26. The Balaban J connectivity index is 1.34. The molecule has 1 amide bonds. The van der Waals surface area contributed by atoms with E-state index in [1.165, 1.54) is 11.5 Å². The monoisotopic (exact) mass is 401 g/mol. The third-order valence-corrected chi connectivity index (χ3v) is 6.17. The average molecular weight is 402 g/mol. The van der Waals surface area contributed by atoms with Crippen LogP contribution in [0, 0.1) is 25.2 Å². The van der Waals surface area contributed by atoms with Crippen molar-refractivity contribution >= 4 is 34.2 Å². The number of likely N-dealkylation sites (tertiary alicyclic amines) is 1. The van der Waals surface area contributed by atoms with Gasteiger partial charge in [-0.1, -0.05) is 6.92 Å². The first kappa shape index (κ1) is 19.1. The molecule has 0 atom stereocenters. The summed E-state index contributed by atoms with van der Waals surface area (Å²) in [6.07, 6.45) is 1.85. The first-order valence-corrected chi connectivity index (χ1v) is 10.3. The highest BCUT2D eigenvalue weighted by Crippen LogP contribution is 2.35. The third-order valence-electron chi connectivity index (χ3n) is 5.38. The minimum atomic E-state index is 0.0745. The fraction of sp³-hybridized carbons (Fsp3) is 0.579. The quantitative estimate of drug-likeness (QED) is 0.763. The van der Waals surface area contributed by atoms with Gasteiger partial charge in [0.05, 0.1) is 11.6 Å². The molecule has 2 saturated heterocycles. The first-order chi connectivity index (χ1) is 13.3. The van der Waals surface area contributed by atoms with E-state index in [1.54, 1.807) is 0 Å². The van der Waals surface area contributed by atoms with Crippen molar-refractivity contribution in [2.75, 3.05) is 50.0 Å². The molecule has 4 rings (SSSR count). The van der Waals surface area contributed by atoms with Gasteiger partial charge in [-0.25, -0.2) is 4.98 Å². The second kappa shape index (κ2) is 7.29. The number of aromatic nitrogens is 3. The lowest BCUT2D eigenvalue weighted by molar-refractivity contribution is -0.130. The molecule has 28 heavy (non-hydrogen) atoms. The number of hydrogen-bond acceptors (Lipinski definition) is 8. The highest BCUT2D eigenvalue weighted by atomic mass is 32.1. The molecule has 150 valence electrons. The standard InChI is InChI=1S/C19H27N7OS/c1-12-6-20-18(22-15-5-13(2)24-28-15)23-16(12)26-10-19(3,11-26)9-21-17(27)14-7-25(4)8-14/h5-6,14H,7-11H2,1-4H3,(H,21,27)(H,20,22,23). The highest BCUT2D eigenvalue weighted by Gasteiger charge is 2.41. The number of rotatable bonds is 6. The fourth-order valence-corrected chi connectivity index (χ4v) is 4.45. The lowest BCUT2D eigenvalue weighted by Crippen LogP contribution is -2.61. The van der Waals surface area contributed by atoms with Crippen molar-refractivity contribution in [2.45, 2.75) is 20.8 Å². The van der Waals surface area contributed by atoms with Crippen molar-refractivity contribution in [1.29, 1.82) is 0 Å². The molecule has 0 radical (unpaired) electrons. The van der Waals surface area contributed by atoms with Gasteiger partial charge in [0, 0.05) is 49.9 Å². The van der Waals surface area contributed by atoms with Crippen LogP contribution in [0.15, 0.2) is 12.3 Å². The van der Waals surface area contributed by atoms with E-state index >= 15 is 0 Å². The largest absolute Gasteiger partial charge is 0.355 e. The van der Waals surface area contributed by atoms with Gasteiger partial charge in [-0.15, -0.1) is 0 Å². The van der Waals surface area contributed by atoms with Gasteiger partial charge in [0.15, 0.2) is 0 Å². The van der Waals surface area contributed by atoms with Crippen LogP contribution >= 0.6 is 11.5 Å². The van der Waals surface area contributed by atoms with Crippen LogP contribution in [0.3, 0.4) is 0 Å². The predicted molar refractivity (Wildman–Crippen MR) is 111 cm³/mol. The van der Waals surface area contributed by atoms with Gasteiger partial charge in [0.1, 0.15) is 10.8 Å². The Bertz CT molecular complexity index is 871. The maximum atomic E-state index is 12.2. The van der Waals surface area contributed by atoms with Crippen molar-refractivity contribution in [3.8, 4) is 0 Å². The number of anilines is 3. The summed E-state index contributed by atoms with van der Waals surface area (Å²) in [5.41, 5.74) is 2.11. The molecule has 2 aliphatic rings. The van der Waals surface area contributed by atoms with Crippen LogP contribution in [-0.4, -0.2) is 64.9 Å². The molecule has 2 aromatic rings. The van der Waals surface area contributed by atoms with Crippen molar-refractivity contribution in [3.05, 3.63) is 23.5 Å². The summed E-state index contributed by atoms with van der Waals surface area (Å²) < 4.78 is 4.27. The average Bonchev–Trinajstić information content (AvgIpc) is 3.01. The molecule has 0 bridgehead atoms. The van der Waals surface area contributed by atoms with E-state index in [-0.39, 0.29) is 17.2 Å². The van der Waals surface area contributed by atoms with Gasteiger partial charge >= 0.3 is 0 Å². The lowest BCUT2D eigenvalue weighted by Gasteiger charge is -2.49. The number of nitrogens with zero attached hydrogens (tertiary/aromatic N) is 5. The topological polar surface area (TPSA) is 86.3 Å². The Kier molecular flexibility index (Phi) is 4.96. The molecule has 0 unspecified atom stereocenters. The van der Waals surface area contributed by atoms with Gasteiger partial charge in [-0.2, -0.15) is 9.36 Å². The number of aryl methyl sites for hydroxylation is 2. The van der Waals surface area contributed by atoms with E-state index in [1.807, 2.05) is 33.2 Å². The first-order valence-electron chi connectivity index (χ1n) is 9.56. The molecular weight excluding hydrogens is 374 g/mol. The molecule has 4 heterocycles. The molecule has 9 heteroatoms. The Labute approximate surface area is 169 Å². The van der Waals surface area contributed by atoms with Crippen LogP contribution in [0.4, 0.5) is 16.8 Å². The van der Waals surface area contributed by atoms with E-state index in [0.29, 0.717) is 12.5 Å². The van der Waals surface area contributed by atoms with Gasteiger partial charge in [-0.05, 0) is 38.5 Å². The van der Waals surface area contributed by atoms with Gasteiger partial charge in [0.25, 0.3) is 0 Å². The molecule has 2 N–H and O–H groups in total. The van der Waals surface area contributed by atoms with Crippen LogP contribution in [-0.2, 0) is 4.79 Å². The van der Waals surface area contributed by atoms with Crippen molar-refractivity contribution in [3.63, 3.8) is 0 Å². The van der Waals surface area contributed by atoms with Crippen LogP contribution in [0.1, 0.15) is 18.2 Å². The Morgan fingerprint density at radius 2 is 2.11 bits per heavy atom. The maximum Gasteiger partial charge on any atom is 0.229 e. The highest BCUT2D eigenvalue weighted by molar-refractivity contribution is 7.10. The summed E-state index contributed by atoms with van der Waals surface area (Å²) in [6.45, 7) is 10.4. The van der Waals surface area contributed by atoms with Crippen LogP contribution in [0.25, 0.3) is 0 Å². The molecule has 2 fully saturated rings. The number of carbonyl (C=O) groups is 1. The third kappa shape index (κ3) is 3.95. The Morgan fingerprint density at radius 1 is 1.36 bits per heavy atom. The van der Waals surface area contributed by atoms with E-state index in [4.69, 9.17) is 4.98 Å². The SMILES string of the molecule is Cc1cc(Nc2ncc(C)c(N3CC(C)(CNC(=O)C4CN(C)C4)C3)n2)sn1. The maximum absolute atomic E-state index is 12.2. The predicted octanol–water partition coefficient (Wildman–Crippen LogP) is 1.80. The van der Waals surface area contributed by atoms with Crippen LogP contribution in [0.5, 0.6) is 0 Å². The molecule has 0 aromatic carbocycles. The molecule has 0 aliphatic carbocycles. The molecule has 8 nitrogen and oxygen atoms in total. The molecule has 0 saturated carbocycles. The van der Waals surface area contributed by atoms with Crippen molar-refractivity contribution in [2.24, 2.45) is 11.3 Å². The van der Waals surface area contributed by atoms with E-state index in [2.05, 4.69) is 36.7 Å². The van der Waals surface area contributed by atoms with E-state index in [0.717, 1.165) is 48.3 Å². The normalized spacial score (nSPS) is 19.1. The summed E-state index contributed by atoms with van der Waals surface area (Å²) in [5, 5.41) is 7.30. The van der Waals surface area contributed by atoms with E-state index in [9.17, 15) is 4.79 Å². The Morgan fingerprint density at radius 3 is 2.75 bits per heavy atom. The fourth-order valence-electron chi connectivity index (χ4n) is 3.79. The summed E-state index contributed by atoms with van der Waals surface area (Å²) in [5.74, 6) is 1.86. The van der Waals surface area contributed by atoms with Crippen LogP contribution < -0.4 is 15.5 Å². The summed E-state index contributed by atoms with van der Waals surface area (Å²) in [7, 11) is 2.04. The van der Waals surface area contributed by atoms with Crippen molar-refractivity contribution in [1.82, 2.24) is 24.6 Å². The van der Waals surface area contributed by atoms with Crippen LogP contribution in [0.2, 0.25) is 0 Å². The smallest absolute Gasteiger partial charge is 0.229 e. The second-order valence-corrected chi connectivity index (χ2v) is 9.27. The second-order valence-electron chi connectivity index (χ2n) is 8.46. The number of hydrogen-bond donors (Lipinski definition) is 2. The van der Waals surface area contributed by atoms with Gasteiger partial charge in [0.2, 0.25) is 11.9 Å². The lowest BCUT2D eigenvalue weighted by atomic mass is 9.81. The molecule has 2 aromatic heterocycles. The number of amides is 1. The number of carbonyl (C=O) groups excluding carboxylic acids is 1. The molecule has 2 aliphatic heterocycles. The van der Waals surface area contributed by atoms with E-state index < -0.39 is 0 Å². The van der Waals surface area contributed by atoms with Crippen molar-refractivity contribution < 1.29 is 4.79 Å².